The number of carbonyl (C=O) groups is 2. The number of benzene rings is 1. The quantitative estimate of drug-likeness (QED) is 0.697. The number of rotatable bonds is 4. The number of nitrogens with zero attached hydrogens (tertiary/aromatic N) is 2. The molecular formula is C17H16Br2N2O3S. The smallest absolute Gasteiger partial charge is 0.355 e. The minimum Gasteiger partial charge on any atom is -0.476 e. The van der Waals surface area contributed by atoms with Gasteiger partial charge in [0.2, 0.25) is 5.91 Å². The second-order valence-corrected chi connectivity index (χ2v) is 8.60. The van der Waals surface area contributed by atoms with Crippen LogP contribution < -0.4 is 0 Å². The van der Waals surface area contributed by atoms with Crippen LogP contribution in [0, 0.1) is 0 Å². The molecule has 8 heteroatoms. The standard InChI is InChI=1S/C17H16Br2N2O3S/c18-12-1-2-13(19)11(7-12)8-15(22)21-5-3-10(4-6-21)16-20-14(9-25-16)17(23)24/h1-2,7,9-10H,3-6,8H2,(H,23,24). The van der Waals surface area contributed by atoms with E-state index in [0.29, 0.717) is 19.5 Å². The van der Waals surface area contributed by atoms with Crippen molar-refractivity contribution in [2.75, 3.05) is 13.1 Å². The van der Waals surface area contributed by atoms with E-state index in [2.05, 4.69) is 36.8 Å². The zero-order chi connectivity index (χ0) is 18.0. The molecule has 1 aliphatic rings. The summed E-state index contributed by atoms with van der Waals surface area (Å²) in [5.74, 6) is -0.642. The number of hydrogen-bond acceptors (Lipinski definition) is 4. The first-order chi connectivity index (χ1) is 11.9. The van der Waals surface area contributed by atoms with Gasteiger partial charge in [0.1, 0.15) is 0 Å². The number of piperidine rings is 1. The van der Waals surface area contributed by atoms with Crippen LogP contribution in [0.1, 0.15) is 39.8 Å². The topological polar surface area (TPSA) is 70.5 Å². The third-order valence-electron chi connectivity index (χ3n) is 4.29. The molecular weight excluding hydrogens is 472 g/mol. The molecule has 0 atom stereocenters. The Morgan fingerprint density at radius 1 is 1.28 bits per heavy atom. The first-order valence-corrected chi connectivity index (χ1v) is 10.3. The summed E-state index contributed by atoms with van der Waals surface area (Å²) in [6.45, 7) is 1.36. The maximum Gasteiger partial charge on any atom is 0.355 e. The van der Waals surface area contributed by atoms with E-state index in [1.165, 1.54) is 11.3 Å². The summed E-state index contributed by atoms with van der Waals surface area (Å²) in [4.78, 5) is 29.6. The van der Waals surface area contributed by atoms with Crippen molar-refractivity contribution < 1.29 is 14.7 Å². The van der Waals surface area contributed by atoms with E-state index in [4.69, 9.17) is 5.11 Å². The summed E-state index contributed by atoms with van der Waals surface area (Å²) >= 11 is 8.32. The van der Waals surface area contributed by atoms with E-state index in [-0.39, 0.29) is 17.5 Å². The zero-order valence-corrected chi connectivity index (χ0v) is 17.2. The minimum absolute atomic E-state index is 0.109. The first-order valence-electron chi connectivity index (χ1n) is 7.84. The van der Waals surface area contributed by atoms with Crippen LogP contribution in [0.5, 0.6) is 0 Å². The van der Waals surface area contributed by atoms with Gasteiger partial charge in [-0.15, -0.1) is 11.3 Å². The number of amides is 1. The van der Waals surface area contributed by atoms with Crippen LogP contribution in [0.15, 0.2) is 32.5 Å². The van der Waals surface area contributed by atoms with Gasteiger partial charge in [-0.3, -0.25) is 4.79 Å². The predicted molar refractivity (Wildman–Crippen MR) is 103 cm³/mol. The molecule has 0 bridgehead atoms. The molecule has 1 N–H and O–H groups in total. The van der Waals surface area contributed by atoms with E-state index in [1.807, 2.05) is 23.1 Å². The summed E-state index contributed by atoms with van der Waals surface area (Å²) in [5.41, 5.74) is 1.07. The molecule has 1 aliphatic heterocycles. The molecule has 132 valence electrons. The molecule has 1 saturated heterocycles. The van der Waals surface area contributed by atoms with Crippen molar-refractivity contribution in [2.24, 2.45) is 0 Å². The summed E-state index contributed by atoms with van der Waals surface area (Å²) in [7, 11) is 0. The molecule has 25 heavy (non-hydrogen) atoms. The average Bonchev–Trinajstić information content (AvgIpc) is 3.08. The lowest BCUT2D eigenvalue weighted by Gasteiger charge is -2.31. The Bertz CT molecular complexity index is 801. The van der Waals surface area contributed by atoms with Crippen molar-refractivity contribution in [1.29, 1.82) is 0 Å². The molecule has 1 aromatic heterocycles. The molecule has 0 unspecified atom stereocenters. The fraction of sp³-hybridized carbons (Fsp3) is 0.353. The maximum atomic E-state index is 12.6. The van der Waals surface area contributed by atoms with E-state index in [0.717, 1.165) is 32.4 Å². The second-order valence-electron chi connectivity index (χ2n) is 5.94. The van der Waals surface area contributed by atoms with Crippen molar-refractivity contribution in [3.63, 3.8) is 0 Å². The largest absolute Gasteiger partial charge is 0.476 e. The van der Waals surface area contributed by atoms with Gasteiger partial charge in [0.15, 0.2) is 5.69 Å². The third kappa shape index (κ3) is 4.48. The Morgan fingerprint density at radius 2 is 2.00 bits per heavy atom. The Kier molecular flexibility index (Phi) is 5.91. The molecule has 1 fully saturated rings. The fourth-order valence-electron chi connectivity index (χ4n) is 2.90. The molecule has 0 spiro atoms. The van der Waals surface area contributed by atoms with Crippen molar-refractivity contribution in [1.82, 2.24) is 9.88 Å². The number of carbonyl (C=O) groups excluding carboxylic acids is 1. The second kappa shape index (κ2) is 7.97. The highest BCUT2D eigenvalue weighted by atomic mass is 79.9. The zero-order valence-electron chi connectivity index (χ0n) is 13.2. The highest BCUT2D eigenvalue weighted by Gasteiger charge is 2.26. The lowest BCUT2D eigenvalue weighted by Crippen LogP contribution is -2.38. The van der Waals surface area contributed by atoms with Crippen LogP contribution in [0.4, 0.5) is 0 Å². The van der Waals surface area contributed by atoms with Crippen LogP contribution in [0.2, 0.25) is 0 Å². The average molecular weight is 488 g/mol. The number of carboxylic acids is 1. The Balaban J connectivity index is 1.58. The van der Waals surface area contributed by atoms with Gasteiger partial charge in [0.05, 0.1) is 11.4 Å². The van der Waals surface area contributed by atoms with Crippen molar-refractivity contribution in [2.45, 2.75) is 25.2 Å². The highest BCUT2D eigenvalue weighted by molar-refractivity contribution is 9.11. The summed E-state index contributed by atoms with van der Waals surface area (Å²) < 4.78 is 1.89. The normalized spacial score (nSPS) is 15.4. The lowest BCUT2D eigenvalue weighted by atomic mass is 9.97. The Morgan fingerprint density at radius 3 is 2.64 bits per heavy atom. The Labute approximate surface area is 166 Å². The van der Waals surface area contributed by atoms with Crippen molar-refractivity contribution >= 4 is 55.1 Å². The van der Waals surface area contributed by atoms with Gasteiger partial charge in [0, 0.05) is 33.3 Å². The number of carboxylic acid groups (broad SMARTS) is 1. The van der Waals surface area contributed by atoms with Gasteiger partial charge in [-0.05, 0) is 36.6 Å². The number of aromatic carboxylic acids is 1. The van der Waals surface area contributed by atoms with Crippen LogP contribution in [-0.4, -0.2) is 40.0 Å². The number of thiazole rings is 1. The third-order valence-corrected chi connectivity index (χ3v) is 6.56. The molecule has 5 nitrogen and oxygen atoms in total. The molecule has 1 aromatic carbocycles. The van der Waals surface area contributed by atoms with Crippen LogP contribution in [0.25, 0.3) is 0 Å². The molecule has 0 saturated carbocycles. The minimum atomic E-state index is -0.991. The lowest BCUT2D eigenvalue weighted by molar-refractivity contribution is -0.131. The van der Waals surface area contributed by atoms with Gasteiger partial charge in [-0.1, -0.05) is 31.9 Å². The fourth-order valence-corrected chi connectivity index (χ4v) is 4.66. The molecule has 1 amide bonds. The molecule has 3 rings (SSSR count). The molecule has 0 aliphatic carbocycles. The molecule has 0 radical (unpaired) electrons. The summed E-state index contributed by atoms with van der Waals surface area (Å²) in [6.07, 6.45) is 2.00. The number of aromatic nitrogens is 1. The van der Waals surface area contributed by atoms with Crippen LogP contribution in [0.3, 0.4) is 0 Å². The van der Waals surface area contributed by atoms with Gasteiger partial charge in [-0.25, -0.2) is 9.78 Å². The van der Waals surface area contributed by atoms with Crippen LogP contribution in [-0.2, 0) is 11.2 Å². The molecule has 2 heterocycles. The molecule has 2 aromatic rings. The van der Waals surface area contributed by atoms with E-state index in [1.54, 1.807) is 5.38 Å². The predicted octanol–water partition coefficient (Wildman–Crippen LogP) is 4.32. The van der Waals surface area contributed by atoms with Gasteiger partial charge >= 0.3 is 5.97 Å². The highest BCUT2D eigenvalue weighted by Crippen LogP contribution is 2.31. The summed E-state index contributed by atoms with van der Waals surface area (Å²) in [5, 5.41) is 11.4. The first kappa shape index (κ1) is 18.5. The van der Waals surface area contributed by atoms with Crippen molar-refractivity contribution in [3.05, 3.63) is 48.8 Å². The number of likely N-dealkylation sites (tertiary alicyclic amines) is 1. The van der Waals surface area contributed by atoms with Gasteiger partial charge in [0.25, 0.3) is 0 Å². The monoisotopic (exact) mass is 486 g/mol. The van der Waals surface area contributed by atoms with Crippen LogP contribution >= 0.6 is 43.2 Å². The van der Waals surface area contributed by atoms with E-state index < -0.39 is 5.97 Å². The van der Waals surface area contributed by atoms with E-state index in [9.17, 15) is 9.59 Å². The number of hydrogen-bond donors (Lipinski definition) is 1. The number of halogens is 2. The Hall–Kier alpha value is -1.25. The summed E-state index contributed by atoms with van der Waals surface area (Å²) in [6, 6.07) is 5.82. The van der Waals surface area contributed by atoms with Gasteiger partial charge in [-0.2, -0.15) is 0 Å². The van der Waals surface area contributed by atoms with E-state index >= 15 is 0 Å². The SMILES string of the molecule is O=C(O)c1csc(C2CCN(C(=O)Cc3cc(Br)ccc3Br)CC2)n1. The van der Waals surface area contributed by atoms with Crippen molar-refractivity contribution in [3.8, 4) is 0 Å². The maximum absolute atomic E-state index is 12.6. The van der Waals surface area contributed by atoms with Gasteiger partial charge < -0.3 is 10.0 Å².